The third kappa shape index (κ3) is 3.68. The van der Waals surface area contributed by atoms with Crippen LogP contribution in [0.4, 0.5) is 0 Å². The van der Waals surface area contributed by atoms with E-state index in [1.54, 1.807) is 25.4 Å². The number of methoxy groups -OCH3 is 1. The number of para-hydroxylation sites is 1. The highest BCUT2D eigenvalue weighted by atomic mass is 16.5. The van der Waals surface area contributed by atoms with Gasteiger partial charge in [-0.1, -0.05) is 18.2 Å². The molecule has 1 aromatic heterocycles. The molecule has 29 heavy (non-hydrogen) atoms. The maximum atomic E-state index is 12.9. The van der Waals surface area contributed by atoms with E-state index in [-0.39, 0.29) is 17.7 Å². The molecule has 7 heteroatoms. The lowest BCUT2D eigenvalue weighted by Gasteiger charge is -2.16. The first-order valence-corrected chi connectivity index (χ1v) is 9.68. The van der Waals surface area contributed by atoms with E-state index in [9.17, 15) is 9.59 Å². The maximum absolute atomic E-state index is 12.9. The molecule has 1 N–H and O–H groups in total. The van der Waals surface area contributed by atoms with Crippen molar-refractivity contribution in [3.63, 3.8) is 0 Å². The van der Waals surface area contributed by atoms with Gasteiger partial charge in [0.05, 0.1) is 36.9 Å². The number of imidazole rings is 1. The highest BCUT2D eigenvalue weighted by Gasteiger charge is 2.31. The number of likely N-dealkylation sites (tertiary alicyclic amines) is 1. The third-order valence-corrected chi connectivity index (χ3v) is 5.49. The first-order chi connectivity index (χ1) is 14.1. The molecule has 0 bridgehead atoms. The van der Waals surface area contributed by atoms with Gasteiger partial charge in [0.15, 0.2) is 0 Å². The highest BCUT2D eigenvalue weighted by molar-refractivity contribution is 5.98. The molecule has 1 fully saturated rings. The van der Waals surface area contributed by atoms with Gasteiger partial charge in [-0.25, -0.2) is 4.98 Å². The molecule has 7 nitrogen and oxygen atoms in total. The summed E-state index contributed by atoms with van der Waals surface area (Å²) in [7, 11) is 3.29. The number of carbonyl (C=O) groups is 2. The molecule has 0 radical (unpaired) electrons. The zero-order valence-corrected chi connectivity index (χ0v) is 16.6. The molecule has 2 heterocycles. The summed E-state index contributed by atoms with van der Waals surface area (Å²) in [6.45, 7) is 1.68. The summed E-state index contributed by atoms with van der Waals surface area (Å²) in [4.78, 5) is 30.9. The summed E-state index contributed by atoms with van der Waals surface area (Å²) in [6.07, 6.45) is 2.48. The smallest absolute Gasteiger partial charge is 0.253 e. The molecule has 0 saturated carbocycles. The van der Waals surface area contributed by atoms with Crippen molar-refractivity contribution < 1.29 is 14.3 Å². The number of aromatic nitrogens is 2. The fourth-order valence-corrected chi connectivity index (χ4v) is 3.89. The van der Waals surface area contributed by atoms with Gasteiger partial charge in [-0.05, 0) is 30.7 Å². The number of nitrogens with one attached hydrogen (secondary N) is 1. The number of fused-ring (bicyclic) bond motifs is 1. The number of hydrogen-bond donors (Lipinski definition) is 1. The highest BCUT2D eigenvalue weighted by Crippen LogP contribution is 2.23. The van der Waals surface area contributed by atoms with Crippen LogP contribution in [0.5, 0.6) is 5.75 Å². The van der Waals surface area contributed by atoms with Crippen molar-refractivity contribution in [3.8, 4) is 5.75 Å². The van der Waals surface area contributed by atoms with Crippen molar-refractivity contribution in [2.45, 2.75) is 13.0 Å². The molecule has 0 aliphatic carbocycles. The normalized spacial score (nSPS) is 16.2. The minimum absolute atomic E-state index is 0.00849. The first kappa shape index (κ1) is 19.0. The molecule has 2 aromatic carbocycles. The van der Waals surface area contributed by atoms with Crippen LogP contribution in [0.1, 0.15) is 22.3 Å². The first-order valence-electron chi connectivity index (χ1n) is 9.68. The Labute approximate surface area is 169 Å². The van der Waals surface area contributed by atoms with Gasteiger partial charge < -0.3 is 19.5 Å². The fourth-order valence-electron chi connectivity index (χ4n) is 3.89. The average Bonchev–Trinajstić information content (AvgIpc) is 3.40. The number of rotatable bonds is 5. The quantitative estimate of drug-likeness (QED) is 0.723. The number of hydrogen-bond acceptors (Lipinski definition) is 4. The topological polar surface area (TPSA) is 76.5 Å². The standard InChI is InChI=1S/C22H24N4O3/c1-23-21(27)17-9-10-25(13-17)22(28)15-7-8-19-18(11-15)24-14-26(19)12-16-5-3-4-6-20(16)29-2/h3-8,11,14,17H,9-10,12-13H2,1-2H3,(H,23,27). The van der Waals surface area contributed by atoms with E-state index < -0.39 is 0 Å². The average molecular weight is 392 g/mol. The van der Waals surface area contributed by atoms with Gasteiger partial charge in [0.25, 0.3) is 5.91 Å². The Kier molecular flexibility index (Phi) is 5.20. The van der Waals surface area contributed by atoms with Crippen LogP contribution in [0.25, 0.3) is 11.0 Å². The van der Waals surface area contributed by atoms with Gasteiger partial charge in [0.2, 0.25) is 5.91 Å². The summed E-state index contributed by atoms with van der Waals surface area (Å²) >= 11 is 0. The summed E-state index contributed by atoms with van der Waals surface area (Å²) in [5, 5.41) is 2.66. The van der Waals surface area contributed by atoms with Gasteiger partial charge >= 0.3 is 0 Å². The summed E-state index contributed by atoms with van der Waals surface area (Å²) in [5.74, 6) is 0.636. The Morgan fingerprint density at radius 3 is 2.86 bits per heavy atom. The molecule has 1 aliphatic rings. The van der Waals surface area contributed by atoms with Crippen LogP contribution in [0.3, 0.4) is 0 Å². The predicted molar refractivity (Wildman–Crippen MR) is 110 cm³/mol. The van der Waals surface area contributed by atoms with Crippen LogP contribution in [0, 0.1) is 5.92 Å². The zero-order valence-electron chi connectivity index (χ0n) is 16.6. The van der Waals surface area contributed by atoms with E-state index in [0.29, 0.717) is 31.6 Å². The molecule has 4 rings (SSSR count). The van der Waals surface area contributed by atoms with Gasteiger partial charge in [-0.15, -0.1) is 0 Å². The molecule has 1 aliphatic heterocycles. The molecule has 1 atom stereocenters. The fraction of sp³-hybridized carbons (Fsp3) is 0.318. The second kappa shape index (κ2) is 7.95. The van der Waals surface area contributed by atoms with Crippen LogP contribution in [0.2, 0.25) is 0 Å². The van der Waals surface area contributed by atoms with E-state index in [1.165, 1.54) is 0 Å². The molecule has 150 valence electrons. The van der Waals surface area contributed by atoms with Crippen LogP contribution in [-0.4, -0.2) is 53.5 Å². The van der Waals surface area contributed by atoms with Crippen molar-refractivity contribution in [2.75, 3.05) is 27.2 Å². The molecule has 3 aromatic rings. The predicted octanol–water partition coefficient (Wildman–Crippen LogP) is 2.30. The molecule has 1 saturated heterocycles. The molecule has 2 amide bonds. The summed E-state index contributed by atoms with van der Waals surface area (Å²) in [6, 6.07) is 13.5. The van der Waals surface area contributed by atoms with E-state index >= 15 is 0 Å². The van der Waals surface area contributed by atoms with Gasteiger partial charge in [0.1, 0.15) is 5.75 Å². The van der Waals surface area contributed by atoms with E-state index in [4.69, 9.17) is 4.74 Å². The second-order valence-electron chi connectivity index (χ2n) is 7.24. The largest absolute Gasteiger partial charge is 0.496 e. The van der Waals surface area contributed by atoms with Crippen molar-refractivity contribution in [2.24, 2.45) is 5.92 Å². The van der Waals surface area contributed by atoms with Crippen molar-refractivity contribution >= 4 is 22.8 Å². The Hall–Kier alpha value is -3.35. The maximum Gasteiger partial charge on any atom is 0.253 e. The summed E-state index contributed by atoms with van der Waals surface area (Å²) in [5.41, 5.74) is 3.38. The number of benzene rings is 2. The van der Waals surface area contributed by atoms with E-state index in [2.05, 4.69) is 10.3 Å². The lowest BCUT2D eigenvalue weighted by Crippen LogP contribution is -2.33. The van der Waals surface area contributed by atoms with Gasteiger partial charge in [0, 0.05) is 31.3 Å². The van der Waals surface area contributed by atoms with Gasteiger partial charge in [-0.3, -0.25) is 9.59 Å². The SMILES string of the molecule is CNC(=O)C1CCN(C(=O)c2ccc3c(c2)ncn3Cc2ccccc2OC)C1. The van der Waals surface area contributed by atoms with Crippen molar-refractivity contribution in [3.05, 3.63) is 59.9 Å². The molecule has 1 unspecified atom stereocenters. The Morgan fingerprint density at radius 2 is 2.07 bits per heavy atom. The lowest BCUT2D eigenvalue weighted by molar-refractivity contribution is -0.124. The Bertz CT molecular complexity index is 1060. The number of nitrogens with zero attached hydrogens (tertiary/aromatic N) is 3. The minimum Gasteiger partial charge on any atom is -0.496 e. The number of ether oxygens (including phenoxy) is 1. The van der Waals surface area contributed by atoms with Crippen molar-refractivity contribution in [1.82, 2.24) is 19.8 Å². The van der Waals surface area contributed by atoms with Crippen LogP contribution in [0.15, 0.2) is 48.8 Å². The van der Waals surface area contributed by atoms with Crippen LogP contribution < -0.4 is 10.1 Å². The van der Waals surface area contributed by atoms with Crippen LogP contribution in [-0.2, 0) is 11.3 Å². The number of carbonyl (C=O) groups excluding carboxylic acids is 2. The summed E-state index contributed by atoms with van der Waals surface area (Å²) < 4.78 is 7.48. The minimum atomic E-state index is -0.132. The molecular weight excluding hydrogens is 368 g/mol. The van der Waals surface area contributed by atoms with Crippen LogP contribution >= 0.6 is 0 Å². The number of amides is 2. The van der Waals surface area contributed by atoms with Gasteiger partial charge in [-0.2, -0.15) is 0 Å². The van der Waals surface area contributed by atoms with Crippen molar-refractivity contribution in [1.29, 1.82) is 0 Å². The third-order valence-electron chi connectivity index (χ3n) is 5.49. The van der Waals surface area contributed by atoms with E-state index in [1.807, 2.05) is 47.0 Å². The lowest BCUT2D eigenvalue weighted by atomic mass is 10.1. The zero-order chi connectivity index (χ0) is 20.4. The molecular formula is C22H24N4O3. The monoisotopic (exact) mass is 392 g/mol. The Balaban J connectivity index is 1.54. The Morgan fingerprint density at radius 1 is 1.24 bits per heavy atom. The van der Waals surface area contributed by atoms with E-state index in [0.717, 1.165) is 22.3 Å². The molecule has 0 spiro atoms. The second-order valence-corrected chi connectivity index (χ2v) is 7.24.